The highest BCUT2D eigenvalue weighted by molar-refractivity contribution is 9.10. The molecule has 0 aliphatic heterocycles. The van der Waals surface area contributed by atoms with E-state index in [-0.39, 0.29) is 11.6 Å². The van der Waals surface area contributed by atoms with E-state index < -0.39 is 6.10 Å². The molecule has 0 saturated heterocycles. The van der Waals surface area contributed by atoms with Crippen molar-refractivity contribution in [2.24, 2.45) is 5.92 Å². The van der Waals surface area contributed by atoms with Gasteiger partial charge in [-0.05, 0) is 73.1 Å². The molecule has 0 spiro atoms. The monoisotopic (exact) mass is 481 g/mol. The van der Waals surface area contributed by atoms with Crippen molar-refractivity contribution in [3.63, 3.8) is 0 Å². The standard InChI is InChI=1S/C27H32BrNO2/c1-27(2,16-19-7-8-20-5-3-4-6-23(20)15-19)29-17-25(30)18-31-26(21-9-10-21)22-11-13-24(28)14-12-22/h3-8,11-15,21,25-26,29-30H,9-10,16-18H2,1-2H3. The first kappa shape index (κ1) is 22.5. The molecule has 164 valence electrons. The predicted octanol–water partition coefficient (Wildman–Crippen LogP) is 6.04. The lowest BCUT2D eigenvalue weighted by Crippen LogP contribution is -2.46. The number of nitrogens with one attached hydrogen (secondary N) is 1. The van der Waals surface area contributed by atoms with Gasteiger partial charge in [-0.2, -0.15) is 0 Å². The third-order valence-electron chi connectivity index (χ3n) is 5.99. The fraction of sp³-hybridized carbons (Fsp3) is 0.407. The maximum atomic E-state index is 10.6. The van der Waals surface area contributed by atoms with Crippen LogP contribution in [0.3, 0.4) is 0 Å². The highest BCUT2D eigenvalue weighted by Crippen LogP contribution is 2.43. The van der Waals surface area contributed by atoms with Gasteiger partial charge in [-0.1, -0.05) is 70.5 Å². The molecule has 3 nitrogen and oxygen atoms in total. The summed E-state index contributed by atoms with van der Waals surface area (Å²) in [5, 5.41) is 16.6. The largest absolute Gasteiger partial charge is 0.389 e. The van der Waals surface area contributed by atoms with Crippen LogP contribution in [0.25, 0.3) is 10.8 Å². The molecule has 2 N–H and O–H groups in total. The number of hydrogen-bond acceptors (Lipinski definition) is 3. The topological polar surface area (TPSA) is 41.5 Å². The molecule has 0 bridgehead atoms. The minimum absolute atomic E-state index is 0.0772. The Morgan fingerprint density at radius 1 is 1.03 bits per heavy atom. The van der Waals surface area contributed by atoms with E-state index in [1.165, 1.54) is 34.7 Å². The van der Waals surface area contributed by atoms with E-state index in [9.17, 15) is 5.11 Å². The molecule has 1 saturated carbocycles. The van der Waals surface area contributed by atoms with E-state index in [0.717, 1.165) is 10.9 Å². The number of benzene rings is 3. The van der Waals surface area contributed by atoms with Gasteiger partial charge < -0.3 is 15.2 Å². The van der Waals surface area contributed by atoms with Gasteiger partial charge in [0.05, 0.1) is 18.8 Å². The van der Waals surface area contributed by atoms with Crippen LogP contribution in [0.5, 0.6) is 0 Å². The number of fused-ring (bicyclic) bond motifs is 1. The quantitative estimate of drug-likeness (QED) is 0.370. The van der Waals surface area contributed by atoms with Crippen LogP contribution < -0.4 is 5.32 Å². The third-order valence-corrected chi connectivity index (χ3v) is 6.52. The summed E-state index contributed by atoms with van der Waals surface area (Å²) in [6, 6.07) is 23.4. The van der Waals surface area contributed by atoms with Crippen molar-refractivity contribution in [2.75, 3.05) is 13.2 Å². The maximum absolute atomic E-state index is 10.6. The molecule has 2 atom stereocenters. The summed E-state index contributed by atoms with van der Waals surface area (Å²) in [7, 11) is 0. The fourth-order valence-electron chi connectivity index (χ4n) is 4.15. The zero-order valence-electron chi connectivity index (χ0n) is 18.4. The molecule has 4 rings (SSSR count). The van der Waals surface area contributed by atoms with Crippen molar-refractivity contribution in [2.45, 2.75) is 50.9 Å². The summed E-state index contributed by atoms with van der Waals surface area (Å²) in [4.78, 5) is 0. The molecular formula is C27H32BrNO2. The van der Waals surface area contributed by atoms with Crippen molar-refractivity contribution in [1.82, 2.24) is 5.32 Å². The van der Waals surface area contributed by atoms with E-state index in [2.05, 4.69) is 102 Å². The van der Waals surface area contributed by atoms with Crippen LogP contribution in [0.2, 0.25) is 0 Å². The summed E-state index contributed by atoms with van der Waals surface area (Å²) < 4.78 is 7.25. The number of ether oxygens (including phenoxy) is 1. The molecule has 1 fully saturated rings. The van der Waals surface area contributed by atoms with Gasteiger partial charge in [-0.3, -0.25) is 0 Å². The second-order valence-electron chi connectivity index (χ2n) is 9.42. The average molecular weight is 482 g/mol. The highest BCUT2D eigenvalue weighted by Gasteiger charge is 2.33. The molecule has 2 unspecified atom stereocenters. The number of halogens is 1. The third kappa shape index (κ3) is 6.39. The van der Waals surface area contributed by atoms with E-state index in [1.54, 1.807) is 0 Å². The molecule has 0 aromatic heterocycles. The van der Waals surface area contributed by atoms with Gasteiger partial charge in [-0.15, -0.1) is 0 Å². The predicted molar refractivity (Wildman–Crippen MR) is 131 cm³/mol. The number of aliphatic hydroxyl groups excluding tert-OH is 1. The van der Waals surface area contributed by atoms with Crippen molar-refractivity contribution in [3.8, 4) is 0 Å². The number of rotatable bonds is 10. The van der Waals surface area contributed by atoms with Crippen molar-refractivity contribution >= 4 is 26.7 Å². The second kappa shape index (κ2) is 9.83. The zero-order valence-corrected chi connectivity index (χ0v) is 19.9. The molecule has 0 heterocycles. The molecular weight excluding hydrogens is 450 g/mol. The molecule has 4 heteroatoms. The normalized spacial score (nSPS) is 16.4. The number of hydrogen-bond donors (Lipinski definition) is 2. The summed E-state index contributed by atoms with van der Waals surface area (Å²) in [6.45, 7) is 5.23. The van der Waals surface area contributed by atoms with Crippen LogP contribution in [0.1, 0.15) is 43.9 Å². The van der Waals surface area contributed by atoms with Crippen molar-refractivity contribution < 1.29 is 9.84 Å². The summed E-state index contributed by atoms with van der Waals surface area (Å²) in [5.74, 6) is 0.575. The molecule has 3 aromatic rings. The Balaban J connectivity index is 1.28. The van der Waals surface area contributed by atoms with Gasteiger partial charge in [0.1, 0.15) is 0 Å². The Morgan fingerprint density at radius 2 is 1.74 bits per heavy atom. The van der Waals surface area contributed by atoms with E-state index in [4.69, 9.17) is 4.74 Å². The van der Waals surface area contributed by atoms with Crippen LogP contribution >= 0.6 is 15.9 Å². The smallest absolute Gasteiger partial charge is 0.0898 e. The Hall–Kier alpha value is -1.72. The molecule has 0 amide bonds. The first-order valence-corrected chi connectivity index (χ1v) is 12.0. The lowest BCUT2D eigenvalue weighted by atomic mass is 9.93. The van der Waals surface area contributed by atoms with E-state index >= 15 is 0 Å². The minimum atomic E-state index is -0.535. The Bertz CT molecular complexity index is 998. The SMILES string of the molecule is CC(C)(Cc1ccc2ccccc2c1)NCC(O)COC(c1ccc(Br)cc1)C1CC1. The number of aliphatic hydroxyl groups is 1. The van der Waals surface area contributed by atoms with Crippen LogP contribution in [0.15, 0.2) is 71.2 Å². The Morgan fingerprint density at radius 3 is 2.45 bits per heavy atom. The highest BCUT2D eigenvalue weighted by atomic mass is 79.9. The maximum Gasteiger partial charge on any atom is 0.0898 e. The average Bonchev–Trinajstić information content (AvgIpc) is 3.59. The van der Waals surface area contributed by atoms with Gasteiger partial charge in [-0.25, -0.2) is 0 Å². The van der Waals surface area contributed by atoms with Gasteiger partial charge in [0.2, 0.25) is 0 Å². The van der Waals surface area contributed by atoms with Crippen LogP contribution in [-0.2, 0) is 11.2 Å². The Kier molecular flexibility index (Phi) is 7.12. The van der Waals surface area contributed by atoms with Gasteiger partial charge in [0.15, 0.2) is 0 Å². The zero-order chi connectivity index (χ0) is 21.8. The fourth-order valence-corrected chi connectivity index (χ4v) is 4.41. The molecule has 31 heavy (non-hydrogen) atoms. The van der Waals surface area contributed by atoms with Crippen LogP contribution in [0, 0.1) is 5.92 Å². The first-order chi connectivity index (χ1) is 14.9. The summed E-state index contributed by atoms with van der Waals surface area (Å²) >= 11 is 3.49. The molecule has 1 aliphatic rings. The van der Waals surface area contributed by atoms with E-state index in [0.29, 0.717) is 19.1 Å². The van der Waals surface area contributed by atoms with E-state index in [1.807, 2.05) is 0 Å². The van der Waals surface area contributed by atoms with Gasteiger partial charge in [0.25, 0.3) is 0 Å². The van der Waals surface area contributed by atoms with Crippen LogP contribution in [-0.4, -0.2) is 29.9 Å². The second-order valence-corrected chi connectivity index (χ2v) is 10.3. The first-order valence-electron chi connectivity index (χ1n) is 11.2. The number of β-amino-alcohol motifs (C(OH)–C–C–N with tert-alkyl or cyclic N) is 1. The van der Waals surface area contributed by atoms with Crippen molar-refractivity contribution in [3.05, 3.63) is 82.3 Å². The molecule has 1 aliphatic carbocycles. The Labute approximate surface area is 194 Å². The van der Waals surface area contributed by atoms with Gasteiger partial charge >= 0.3 is 0 Å². The van der Waals surface area contributed by atoms with Gasteiger partial charge in [0, 0.05) is 16.6 Å². The lowest BCUT2D eigenvalue weighted by Gasteiger charge is -2.29. The summed E-state index contributed by atoms with van der Waals surface area (Å²) in [6.07, 6.45) is 2.84. The molecule has 0 radical (unpaired) electrons. The summed E-state index contributed by atoms with van der Waals surface area (Å²) in [5.41, 5.74) is 2.37. The minimum Gasteiger partial charge on any atom is -0.389 e. The molecule has 3 aromatic carbocycles. The van der Waals surface area contributed by atoms with Crippen molar-refractivity contribution in [1.29, 1.82) is 0 Å². The van der Waals surface area contributed by atoms with Crippen LogP contribution in [0.4, 0.5) is 0 Å². The lowest BCUT2D eigenvalue weighted by molar-refractivity contribution is -0.0211.